The lowest BCUT2D eigenvalue weighted by Crippen LogP contribution is -2.41. The van der Waals surface area contributed by atoms with E-state index < -0.39 is 0 Å². The third kappa shape index (κ3) is 4.53. The van der Waals surface area contributed by atoms with Gasteiger partial charge in [0.25, 0.3) is 5.91 Å². The largest absolute Gasteiger partial charge is 0.484 e. The standard InChI is InChI=1S/C22H28FN5O2/c1-24-22-18-9-10-27(2)13-19(18)25-21(26-22)15-7-11-28(12-8-15)20(29)14-30-17-5-3-16(23)4-6-17/h3-6,15H,7-14H2,1-2H3,(H,24,25,26). The highest BCUT2D eigenvalue weighted by Crippen LogP contribution is 2.30. The van der Waals surface area contributed by atoms with Crippen LogP contribution >= 0.6 is 0 Å². The third-order valence-electron chi connectivity index (χ3n) is 5.90. The van der Waals surface area contributed by atoms with Crippen LogP contribution in [0.1, 0.15) is 35.8 Å². The Kier molecular flexibility index (Phi) is 6.13. The van der Waals surface area contributed by atoms with Crippen molar-refractivity contribution in [2.24, 2.45) is 0 Å². The van der Waals surface area contributed by atoms with Crippen LogP contribution in [0.2, 0.25) is 0 Å². The molecule has 0 atom stereocenters. The van der Waals surface area contributed by atoms with Crippen molar-refractivity contribution in [2.45, 2.75) is 31.7 Å². The van der Waals surface area contributed by atoms with Crippen LogP contribution in [0.15, 0.2) is 24.3 Å². The summed E-state index contributed by atoms with van der Waals surface area (Å²) in [4.78, 5) is 26.3. The van der Waals surface area contributed by atoms with Gasteiger partial charge in [0, 0.05) is 44.7 Å². The number of carbonyl (C=O) groups excluding carboxylic acids is 1. The van der Waals surface area contributed by atoms with E-state index in [4.69, 9.17) is 14.7 Å². The molecule has 1 aromatic heterocycles. The zero-order valence-corrected chi connectivity index (χ0v) is 17.5. The van der Waals surface area contributed by atoms with Gasteiger partial charge in [-0.3, -0.25) is 4.79 Å². The second-order valence-electron chi connectivity index (χ2n) is 7.99. The first-order valence-corrected chi connectivity index (χ1v) is 10.5. The van der Waals surface area contributed by atoms with Gasteiger partial charge in [0.15, 0.2) is 6.61 Å². The number of fused-ring (bicyclic) bond motifs is 1. The molecule has 1 aromatic carbocycles. The topological polar surface area (TPSA) is 70.6 Å². The van der Waals surface area contributed by atoms with Crippen LogP contribution in [0.4, 0.5) is 10.2 Å². The molecule has 8 heteroatoms. The molecule has 2 aliphatic rings. The predicted molar refractivity (Wildman–Crippen MR) is 112 cm³/mol. The number of benzene rings is 1. The fourth-order valence-corrected chi connectivity index (χ4v) is 4.12. The van der Waals surface area contributed by atoms with Crippen molar-refractivity contribution in [3.05, 3.63) is 47.2 Å². The number of ether oxygens (including phenoxy) is 1. The quantitative estimate of drug-likeness (QED) is 0.812. The van der Waals surface area contributed by atoms with Crippen molar-refractivity contribution in [2.75, 3.05) is 45.7 Å². The van der Waals surface area contributed by atoms with Gasteiger partial charge in [0.2, 0.25) is 0 Å². The number of halogens is 1. The molecule has 0 aliphatic carbocycles. The van der Waals surface area contributed by atoms with E-state index in [2.05, 4.69) is 17.3 Å². The molecule has 0 spiro atoms. The van der Waals surface area contributed by atoms with Crippen LogP contribution in [0.5, 0.6) is 5.75 Å². The highest BCUT2D eigenvalue weighted by molar-refractivity contribution is 5.77. The summed E-state index contributed by atoms with van der Waals surface area (Å²) in [5.74, 6) is 2.18. The van der Waals surface area contributed by atoms with Crippen molar-refractivity contribution in [3.63, 3.8) is 0 Å². The van der Waals surface area contributed by atoms with Crippen molar-refractivity contribution in [1.82, 2.24) is 19.8 Å². The first-order chi connectivity index (χ1) is 14.5. The Morgan fingerprint density at radius 3 is 2.63 bits per heavy atom. The van der Waals surface area contributed by atoms with Crippen molar-refractivity contribution >= 4 is 11.7 Å². The summed E-state index contributed by atoms with van der Waals surface area (Å²) < 4.78 is 18.5. The highest BCUT2D eigenvalue weighted by atomic mass is 19.1. The molecule has 0 radical (unpaired) electrons. The predicted octanol–water partition coefficient (Wildman–Crippen LogP) is 2.43. The van der Waals surface area contributed by atoms with Gasteiger partial charge < -0.3 is 19.9 Å². The number of nitrogens with zero attached hydrogens (tertiary/aromatic N) is 4. The number of rotatable bonds is 5. The normalized spacial score (nSPS) is 17.5. The summed E-state index contributed by atoms with van der Waals surface area (Å²) in [6.45, 7) is 3.14. The minimum atomic E-state index is -0.326. The number of carbonyl (C=O) groups is 1. The minimum Gasteiger partial charge on any atom is -0.484 e. The molecule has 7 nitrogen and oxygen atoms in total. The molecule has 2 aliphatic heterocycles. The maximum Gasteiger partial charge on any atom is 0.260 e. The van der Waals surface area contributed by atoms with E-state index in [1.54, 1.807) is 0 Å². The summed E-state index contributed by atoms with van der Waals surface area (Å²) in [6, 6.07) is 5.69. The number of hydrogen-bond acceptors (Lipinski definition) is 6. The first-order valence-electron chi connectivity index (χ1n) is 10.5. The number of anilines is 1. The number of hydrogen-bond donors (Lipinski definition) is 1. The number of amides is 1. The number of aromatic nitrogens is 2. The van der Waals surface area contributed by atoms with Crippen molar-refractivity contribution in [1.29, 1.82) is 0 Å². The maximum atomic E-state index is 13.0. The Bertz CT molecular complexity index is 897. The fraction of sp³-hybridized carbons (Fsp3) is 0.500. The first kappa shape index (κ1) is 20.5. The molecule has 1 N–H and O–H groups in total. The number of likely N-dealkylation sites (tertiary alicyclic amines) is 1. The SMILES string of the molecule is CNc1nc(C2CCN(C(=O)COc3ccc(F)cc3)CC2)nc2c1CCN(C)C2. The molecule has 0 unspecified atom stereocenters. The lowest BCUT2D eigenvalue weighted by Gasteiger charge is -2.32. The van der Waals surface area contributed by atoms with Gasteiger partial charge in [-0.1, -0.05) is 0 Å². The van der Waals surface area contributed by atoms with Gasteiger partial charge in [-0.15, -0.1) is 0 Å². The summed E-state index contributed by atoms with van der Waals surface area (Å²) in [6.07, 6.45) is 2.63. The number of likely N-dealkylation sites (N-methyl/N-ethyl adjacent to an activating group) is 1. The minimum absolute atomic E-state index is 0.0398. The van der Waals surface area contributed by atoms with Gasteiger partial charge in [0.1, 0.15) is 23.2 Å². The lowest BCUT2D eigenvalue weighted by molar-refractivity contribution is -0.134. The number of nitrogens with one attached hydrogen (secondary N) is 1. The lowest BCUT2D eigenvalue weighted by atomic mass is 9.95. The fourth-order valence-electron chi connectivity index (χ4n) is 4.12. The molecular formula is C22H28FN5O2. The van der Waals surface area contributed by atoms with Gasteiger partial charge in [-0.25, -0.2) is 14.4 Å². The second kappa shape index (κ2) is 8.95. The van der Waals surface area contributed by atoms with E-state index in [1.165, 1.54) is 29.8 Å². The van der Waals surface area contributed by atoms with E-state index in [-0.39, 0.29) is 24.2 Å². The molecule has 0 saturated carbocycles. The molecular weight excluding hydrogens is 385 g/mol. The van der Waals surface area contributed by atoms with Crippen LogP contribution in [0, 0.1) is 5.82 Å². The van der Waals surface area contributed by atoms with Crippen LogP contribution in [0.3, 0.4) is 0 Å². The number of piperidine rings is 1. The van der Waals surface area contributed by atoms with Crippen molar-refractivity contribution < 1.29 is 13.9 Å². The van der Waals surface area contributed by atoms with Crippen molar-refractivity contribution in [3.8, 4) is 5.75 Å². The molecule has 1 fully saturated rings. The van der Waals surface area contributed by atoms with Crippen LogP contribution < -0.4 is 10.1 Å². The Labute approximate surface area is 176 Å². The van der Waals surface area contributed by atoms with E-state index >= 15 is 0 Å². The second-order valence-corrected chi connectivity index (χ2v) is 7.99. The van der Waals surface area contributed by atoms with Gasteiger partial charge in [-0.2, -0.15) is 0 Å². The average Bonchev–Trinajstić information content (AvgIpc) is 2.77. The highest BCUT2D eigenvalue weighted by Gasteiger charge is 2.28. The molecule has 1 amide bonds. The van der Waals surface area contributed by atoms with Crippen LogP contribution in [0.25, 0.3) is 0 Å². The summed E-state index contributed by atoms with van der Waals surface area (Å²) >= 11 is 0. The Morgan fingerprint density at radius 1 is 1.20 bits per heavy atom. The molecule has 3 heterocycles. The smallest absolute Gasteiger partial charge is 0.260 e. The molecule has 0 bridgehead atoms. The molecule has 1 saturated heterocycles. The van der Waals surface area contributed by atoms with Gasteiger partial charge in [0.05, 0.1) is 5.69 Å². The molecule has 160 valence electrons. The summed E-state index contributed by atoms with van der Waals surface area (Å²) in [5, 5.41) is 3.24. The monoisotopic (exact) mass is 413 g/mol. The average molecular weight is 413 g/mol. The Morgan fingerprint density at radius 2 is 1.93 bits per heavy atom. The zero-order chi connectivity index (χ0) is 21.1. The molecule has 2 aromatic rings. The summed E-state index contributed by atoms with van der Waals surface area (Å²) in [7, 11) is 4.02. The van der Waals surface area contributed by atoms with Gasteiger partial charge in [-0.05, 0) is 50.6 Å². The zero-order valence-electron chi connectivity index (χ0n) is 17.5. The Balaban J connectivity index is 1.35. The van der Waals surface area contributed by atoms with E-state index in [1.807, 2.05) is 11.9 Å². The Hall–Kier alpha value is -2.74. The molecule has 4 rings (SSSR count). The van der Waals surface area contributed by atoms with Crippen LogP contribution in [-0.2, 0) is 17.8 Å². The van der Waals surface area contributed by atoms with E-state index in [0.29, 0.717) is 18.8 Å². The van der Waals surface area contributed by atoms with Crippen LogP contribution in [-0.4, -0.2) is 66.0 Å². The van der Waals surface area contributed by atoms with Gasteiger partial charge >= 0.3 is 0 Å². The maximum absolute atomic E-state index is 13.0. The van der Waals surface area contributed by atoms with E-state index in [9.17, 15) is 9.18 Å². The molecule has 30 heavy (non-hydrogen) atoms. The summed E-state index contributed by atoms with van der Waals surface area (Å²) in [5.41, 5.74) is 2.34. The third-order valence-corrected chi connectivity index (χ3v) is 5.90. The van der Waals surface area contributed by atoms with E-state index in [0.717, 1.165) is 49.7 Å².